The number of carbonyl (C=O) groups is 1. The Balaban J connectivity index is 1.70. The van der Waals surface area contributed by atoms with Crippen LogP contribution in [-0.4, -0.2) is 68.4 Å². The molecule has 2 aliphatic rings. The van der Waals surface area contributed by atoms with E-state index in [2.05, 4.69) is 24.1 Å². The minimum atomic E-state index is -0.411. The van der Waals surface area contributed by atoms with Crippen molar-refractivity contribution in [1.82, 2.24) is 10.2 Å². The molecule has 21 heavy (non-hydrogen) atoms. The van der Waals surface area contributed by atoms with Crippen molar-refractivity contribution in [2.24, 2.45) is 11.7 Å². The zero-order valence-electron chi connectivity index (χ0n) is 13.3. The van der Waals surface area contributed by atoms with Crippen molar-refractivity contribution in [2.45, 2.75) is 38.3 Å². The van der Waals surface area contributed by atoms with E-state index in [4.69, 9.17) is 15.2 Å². The molecule has 0 aromatic rings. The normalized spacial score (nSPS) is 25.5. The summed E-state index contributed by atoms with van der Waals surface area (Å²) in [6.07, 6.45) is 1.76. The summed E-state index contributed by atoms with van der Waals surface area (Å²) in [5.41, 5.74) is 6.10. The van der Waals surface area contributed by atoms with Crippen LogP contribution in [0.25, 0.3) is 0 Å². The summed E-state index contributed by atoms with van der Waals surface area (Å²) in [4.78, 5) is 14.5. The van der Waals surface area contributed by atoms with E-state index in [9.17, 15) is 4.79 Å². The van der Waals surface area contributed by atoms with Crippen LogP contribution in [0.5, 0.6) is 0 Å². The first-order valence-corrected chi connectivity index (χ1v) is 7.94. The van der Waals surface area contributed by atoms with Gasteiger partial charge in [0.05, 0.1) is 19.3 Å². The molecule has 0 aliphatic carbocycles. The molecule has 2 saturated heterocycles. The van der Waals surface area contributed by atoms with E-state index in [1.807, 2.05) is 0 Å². The van der Waals surface area contributed by atoms with Crippen molar-refractivity contribution in [1.29, 1.82) is 0 Å². The highest BCUT2D eigenvalue weighted by atomic mass is 16.5. The molecule has 0 aromatic carbocycles. The summed E-state index contributed by atoms with van der Waals surface area (Å²) in [6.45, 7) is 9.66. The fourth-order valence-corrected chi connectivity index (χ4v) is 3.03. The third-order valence-corrected chi connectivity index (χ3v) is 4.57. The van der Waals surface area contributed by atoms with E-state index in [1.54, 1.807) is 0 Å². The predicted octanol–water partition coefficient (Wildman–Crippen LogP) is -0.0327. The van der Waals surface area contributed by atoms with Crippen LogP contribution in [0.2, 0.25) is 0 Å². The Morgan fingerprint density at radius 1 is 1.33 bits per heavy atom. The molecular weight excluding hydrogens is 270 g/mol. The summed E-state index contributed by atoms with van der Waals surface area (Å²) >= 11 is 0. The van der Waals surface area contributed by atoms with Gasteiger partial charge in [-0.1, -0.05) is 0 Å². The molecule has 1 unspecified atom stereocenters. The first-order chi connectivity index (χ1) is 10.0. The summed E-state index contributed by atoms with van der Waals surface area (Å²) in [5, 5.41) is 2.98. The Labute approximate surface area is 127 Å². The molecule has 0 aromatic heterocycles. The Bertz CT molecular complexity index is 343. The van der Waals surface area contributed by atoms with E-state index >= 15 is 0 Å². The molecule has 1 atom stereocenters. The van der Waals surface area contributed by atoms with Gasteiger partial charge in [0.1, 0.15) is 0 Å². The second-order valence-electron chi connectivity index (χ2n) is 6.62. The fraction of sp³-hybridized carbons (Fsp3) is 0.933. The highest BCUT2D eigenvalue weighted by molar-refractivity contribution is 5.81. The highest BCUT2D eigenvalue weighted by Gasteiger charge is 2.30. The quantitative estimate of drug-likeness (QED) is 0.745. The molecule has 122 valence electrons. The minimum absolute atomic E-state index is 0.0335. The first kappa shape index (κ1) is 16.7. The molecule has 0 bridgehead atoms. The van der Waals surface area contributed by atoms with Crippen molar-refractivity contribution < 1.29 is 14.3 Å². The van der Waals surface area contributed by atoms with Crippen molar-refractivity contribution in [3.63, 3.8) is 0 Å². The molecule has 2 aliphatic heterocycles. The number of ether oxygens (including phenoxy) is 2. The van der Waals surface area contributed by atoms with Gasteiger partial charge in [0.15, 0.2) is 0 Å². The van der Waals surface area contributed by atoms with Gasteiger partial charge >= 0.3 is 0 Å². The monoisotopic (exact) mass is 299 g/mol. The molecule has 2 heterocycles. The number of carbonyl (C=O) groups excluding carboxylic acids is 1. The van der Waals surface area contributed by atoms with Gasteiger partial charge in [-0.05, 0) is 32.6 Å². The smallest absolute Gasteiger partial charge is 0.237 e. The molecule has 2 fully saturated rings. The van der Waals surface area contributed by atoms with Gasteiger partial charge in [0.25, 0.3) is 0 Å². The molecule has 0 radical (unpaired) electrons. The highest BCUT2D eigenvalue weighted by Crippen LogP contribution is 2.19. The lowest BCUT2D eigenvalue weighted by atomic mass is 9.92. The number of amides is 1. The SMILES string of the molecule is CC1(C)COCCN1CCNC(=O)C(N)C1CCOCC1. The minimum Gasteiger partial charge on any atom is -0.381 e. The van der Waals surface area contributed by atoms with Crippen LogP contribution in [0, 0.1) is 5.92 Å². The van der Waals surface area contributed by atoms with Gasteiger partial charge in [-0.25, -0.2) is 0 Å². The van der Waals surface area contributed by atoms with E-state index in [1.165, 1.54) is 0 Å². The van der Waals surface area contributed by atoms with Gasteiger partial charge < -0.3 is 20.5 Å². The Kier molecular flexibility index (Phi) is 5.98. The topological polar surface area (TPSA) is 76.8 Å². The van der Waals surface area contributed by atoms with Crippen molar-refractivity contribution in [2.75, 3.05) is 46.1 Å². The van der Waals surface area contributed by atoms with Crippen LogP contribution in [0.3, 0.4) is 0 Å². The summed E-state index contributed by atoms with van der Waals surface area (Å²) in [6, 6.07) is -0.411. The van der Waals surface area contributed by atoms with E-state index in [0.29, 0.717) is 19.8 Å². The van der Waals surface area contributed by atoms with Crippen LogP contribution < -0.4 is 11.1 Å². The van der Waals surface area contributed by atoms with Crippen LogP contribution in [-0.2, 0) is 14.3 Å². The third-order valence-electron chi connectivity index (χ3n) is 4.57. The number of nitrogens with one attached hydrogen (secondary N) is 1. The zero-order valence-corrected chi connectivity index (χ0v) is 13.3. The van der Waals surface area contributed by atoms with Crippen molar-refractivity contribution in [3.8, 4) is 0 Å². The van der Waals surface area contributed by atoms with Gasteiger partial charge in [-0.15, -0.1) is 0 Å². The molecular formula is C15H29N3O3. The van der Waals surface area contributed by atoms with Gasteiger partial charge in [-0.3, -0.25) is 9.69 Å². The van der Waals surface area contributed by atoms with Gasteiger partial charge in [-0.2, -0.15) is 0 Å². The maximum atomic E-state index is 12.1. The van der Waals surface area contributed by atoms with Crippen molar-refractivity contribution in [3.05, 3.63) is 0 Å². The Morgan fingerprint density at radius 3 is 2.71 bits per heavy atom. The average Bonchev–Trinajstić information content (AvgIpc) is 2.48. The molecule has 0 spiro atoms. The predicted molar refractivity (Wildman–Crippen MR) is 81.0 cm³/mol. The first-order valence-electron chi connectivity index (χ1n) is 7.94. The Morgan fingerprint density at radius 2 is 2.05 bits per heavy atom. The number of nitrogens with two attached hydrogens (primary N) is 1. The fourth-order valence-electron chi connectivity index (χ4n) is 3.03. The zero-order chi connectivity index (χ0) is 15.3. The molecule has 3 N–H and O–H groups in total. The molecule has 0 saturated carbocycles. The number of morpholine rings is 1. The maximum absolute atomic E-state index is 12.1. The number of nitrogens with zero attached hydrogens (tertiary/aromatic N) is 1. The van der Waals surface area contributed by atoms with Crippen molar-refractivity contribution >= 4 is 5.91 Å². The maximum Gasteiger partial charge on any atom is 0.237 e. The van der Waals surface area contributed by atoms with Crippen LogP contribution >= 0.6 is 0 Å². The van der Waals surface area contributed by atoms with Crippen LogP contribution in [0.15, 0.2) is 0 Å². The van der Waals surface area contributed by atoms with E-state index < -0.39 is 6.04 Å². The molecule has 6 heteroatoms. The second-order valence-corrected chi connectivity index (χ2v) is 6.62. The summed E-state index contributed by atoms with van der Waals surface area (Å²) in [5.74, 6) is 0.214. The lowest BCUT2D eigenvalue weighted by Crippen LogP contribution is -2.55. The number of rotatable bonds is 5. The summed E-state index contributed by atoms with van der Waals surface area (Å²) in [7, 11) is 0. The molecule has 2 rings (SSSR count). The van der Waals surface area contributed by atoms with E-state index in [-0.39, 0.29) is 17.4 Å². The average molecular weight is 299 g/mol. The Hall–Kier alpha value is -0.690. The number of hydrogen-bond donors (Lipinski definition) is 2. The number of hydrogen-bond acceptors (Lipinski definition) is 5. The van der Waals surface area contributed by atoms with Crippen LogP contribution in [0.1, 0.15) is 26.7 Å². The van der Waals surface area contributed by atoms with Crippen LogP contribution in [0.4, 0.5) is 0 Å². The third kappa shape index (κ3) is 4.64. The summed E-state index contributed by atoms with van der Waals surface area (Å²) < 4.78 is 10.8. The largest absolute Gasteiger partial charge is 0.381 e. The second kappa shape index (κ2) is 7.54. The van der Waals surface area contributed by atoms with E-state index in [0.717, 1.165) is 39.1 Å². The standard InChI is InChI=1S/C15H29N3O3/c1-15(2)11-21-10-7-18(15)6-5-17-14(19)13(16)12-3-8-20-9-4-12/h12-13H,3-11,16H2,1-2H3,(H,17,19). The molecule has 6 nitrogen and oxygen atoms in total. The van der Waals surface area contributed by atoms with Gasteiger partial charge in [0.2, 0.25) is 5.91 Å². The molecule has 1 amide bonds. The lowest BCUT2D eigenvalue weighted by molar-refractivity contribution is -0.124. The van der Waals surface area contributed by atoms with Gasteiger partial charge in [0, 0.05) is 38.4 Å². The lowest BCUT2D eigenvalue weighted by Gasteiger charge is -2.42.